The van der Waals surface area contributed by atoms with Gasteiger partial charge in [0.15, 0.2) is 16.6 Å². The molecule has 0 aliphatic heterocycles. The van der Waals surface area contributed by atoms with E-state index in [1.807, 2.05) is 0 Å². The Bertz CT molecular complexity index is 922. The van der Waals surface area contributed by atoms with Crippen molar-refractivity contribution in [1.29, 1.82) is 0 Å². The molecule has 3 fully saturated rings. The van der Waals surface area contributed by atoms with Crippen LogP contribution in [0.5, 0.6) is 0 Å². The first kappa shape index (κ1) is 34.0. The highest BCUT2D eigenvalue weighted by atomic mass is 28.4. The Kier molecular flexibility index (Phi) is 10.4. The van der Waals surface area contributed by atoms with E-state index >= 15 is 0 Å². The minimum absolute atomic E-state index is 0.0286. The molecule has 5 heteroatoms. The Morgan fingerprint density at radius 2 is 1.48 bits per heavy atom. The van der Waals surface area contributed by atoms with Gasteiger partial charge in [-0.3, -0.25) is 0 Å². The van der Waals surface area contributed by atoms with Crippen molar-refractivity contribution in [2.24, 2.45) is 23.2 Å². The van der Waals surface area contributed by atoms with Gasteiger partial charge in [0.1, 0.15) is 0 Å². The molecule has 40 heavy (non-hydrogen) atoms. The van der Waals surface area contributed by atoms with E-state index in [2.05, 4.69) is 100 Å². The van der Waals surface area contributed by atoms with Gasteiger partial charge < -0.3 is 14.0 Å². The Labute approximate surface area is 250 Å². The van der Waals surface area contributed by atoms with Crippen LogP contribution in [-0.2, 0) is 8.85 Å². The molecule has 3 aliphatic carbocycles. The van der Waals surface area contributed by atoms with Crippen LogP contribution in [-0.4, -0.2) is 40.6 Å². The second-order valence-electron chi connectivity index (χ2n) is 16.9. The quantitative estimate of drug-likeness (QED) is 0.226. The van der Waals surface area contributed by atoms with Crippen LogP contribution in [0.1, 0.15) is 107 Å². The van der Waals surface area contributed by atoms with Gasteiger partial charge in [-0.1, -0.05) is 85.3 Å². The van der Waals surface area contributed by atoms with E-state index in [4.69, 9.17) is 8.85 Å². The Morgan fingerprint density at radius 3 is 1.95 bits per heavy atom. The zero-order chi connectivity index (χ0) is 30.3. The lowest BCUT2D eigenvalue weighted by atomic mass is 9.61. The van der Waals surface area contributed by atoms with E-state index in [0.717, 1.165) is 30.8 Å². The monoisotopic (exact) mass is 588 g/mol. The molecule has 3 nitrogen and oxygen atoms in total. The summed E-state index contributed by atoms with van der Waals surface area (Å²) in [4.78, 5) is 0. The number of hydrogen-bond donors (Lipinski definition) is 1. The van der Waals surface area contributed by atoms with Crippen LogP contribution in [0, 0.1) is 23.2 Å². The summed E-state index contributed by atoms with van der Waals surface area (Å²) < 4.78 is 14.1. The highest BCUT2D eigenvalue weighted by Gasteiger charge is 2.50. The van der Waals surface area contributed by atoms with E-state index in [1.54, 1.807) is 5.57 Å². The summed E-state index contributed by atoms with van der Waals surface area (Å²) in [5.41, 5.74) is 4.65. The first-order chi connectivity index (χ1) is 18.2. The second-order valence-corrected chi connectivity index (χ2v) is 26.4. The highest BCUT2D eigenvalue weighted by molar-refractivity contribution is 6.74. The lowest BCUT2D eigenvalue weighted by molar-refractivity contribution is 0.0857. The molecule has 0 heterocycles. The van der Waals surface area contributed by atoms with Crippen molar-refractivity contribution in [2.45, 2.75) is 155 Å². The molecule has 0 amide bonds. The van der Waals surface area contributed by atoms with Gasteiger partial charge >= 0.3 is 0 Å². The van der Waals surface area contributed by atoms with Gasteiger partial charge in [-0.25, -0.2) is 0 Å². The van der Waals surface area contributed by atoms with Crippen molar-refractivity contribution in [3.8, 4) is 0 Å². The third-order valence-electron chi connectivity index (χ3n) is 12.1. The van der Waals surface area contributed by atoms with Gasteiger partial charge in [-0.15, -0.1) is 0 Å². The van der Waals surface area contributed by atoms with Crippen LogP contribution in [0.15, 0.2) is 35.5 Å². The van der Waals surface area contributed by atoms with Crippen LogP contribution >= 0.6 is 0 Å². The van der Waals surface area contributed by atoms with E-state index < -0.39 is 16.6 Å². The van der Waals surface area contributed by atoms with Crippen LogP contribution in [0.3, 0.4) is 0 Å². The largest absolute Gasteiger partial charge is 0.410 e. The van der Waals surface area contributed by atoms with E-state index in [9.17, 15) is 5.11 Å². The molecule has 2 unspecified atom stereocenters. The maximum Gasteiger partial charge on any atom is 0.192 e. The summed E-state index contributed by atoms with van der Waals surface area (Å²) in [6.07, 6.45) is 14.3. The molecule has 0 spiro atoms. The minimum atomic E-state index is -1.96. The summed E-state index contributed by atoms with van der Waals surface area (Å²) >= 11 is 0. The zero-order valence-corrected chi connectivity index (χ0v) is 30.4. The van der Waals surface area contributed by atoms with Gasteiger partial charge in [0.2, 0.25) is 0 Å². The Balaban J connectivity index is 1.91. The normalized spacial score (nSPS) is 32.4. The summed E-state index contributed by atoms with van der Waals surface area (Å²) in [7, 11) is -3.92. The fraction of sp³-hybridized carbons (Fsp3) is 0.829. The minimum Gasteiger partial charge on any atom is -0.410 e. The molecule has 0 aromatic rings. The molecule has 230 valence electrons. The van der Waals surface area contributed by atoms with Crippen molar-refractivity contribution in [3.63, 3.8) is 0 Å². The number of rotatable bonds is 8. The standard InChI is InChI=1S/C35H64O3Si2/c1-25(20-22-36)29-18-19-30-28(15-14-21-35(29,30)9)17-16-27-23-31(37-39(10,11)33(3,4)5)26(2)32(24-27)38-40(12,13)34(6,7)8/h16-17,25,29-32,36H,2,14-15,18-24H2,1,3-13H3/t25-,29?,30?,31-,32-,35-/m1/s1. The van der Waals surface area contributed by atoms with Crippen molar-refractivity contribution >= 4 is 16.6 Å². The van der Waals surface area contributed by atoms with Gasteiger partial charge in [0.05, 0.1) is 12.2 Å². The smallest absolute Gasteiger partial charge is 0.192 e. The molecule has 0 aromatic carbocycles. The maximum absolute atomic E-state index is 9.61. The van der Waals surface area contributed by atoms with Gasteiger partial charge in [-0.05, 0) is 116 Å². The molecule has 3 saturated carbocycles. The topological polar surface area (TPSA) is 38.7 Å². The van der Waals surface area contributed by atoms with E-state index in [0.29, 0.717) is 23.9 Å². The van der Waals surface area contributed by atoms with Gasteiger partial charge in [0, 0.05) is 6.61 Å². The van der Waals surface area contributed by atoms with Crippen LogP contribution in [0.2, 0.25) is 36.3 Å². The molecule has 3 rings (SSSR count). The number of aliphatic hydroxyl groups excluding tert-OH is 1. The average Bonchev–Trinajstić information content (AvgIpc) is 3.16. The van der Waals surface area contributed by atoms with Crippen LogP contribution in [0.4, 0.5) is 0 Å². The molecule has 6 atom stereocenters. The van der Waals surface area contributed by atoms with E-state index in [1.165, 1.54) is 37.7 Å². The molecule has 3 aliphatic rings. The fourth-order valence-electron chi connectivity index (χ4n) is 7.31. The molecular weight excluding hydrogens is 525 g/mol. The Hall–Kier alpha value is -0.466. The number of hydrogen-bond acceptors (Lipinski definition) is 3. The third-order valence-corrected chi connectivity index (χ3v) is 21.0. The van der Waals surface area contributed by atoms with Crippen molar-refractivity contribution in [2.75, 3.05) is 6.61 Å². The van der Waals surface area contributed by atoms with Crippen molar-refractivity contribution in [3.05, 3.63) is 35.5 Å². The zero-order valence-electron chi connectivity index (χ0n) is 28.4. The first-order valence-electron chi connectivity index (χ1n) is 16.3. The average molecular weight is 589 g/mol. The lowest BCUT2D eigenvalue weighted by Crippen LogP contribution is -2.49. The molecular formula is C35H64O3Si2. The second kappa shape index (κ2) is 12.3. The third kappa shape index (κ3) is 7.18. The number of allylic oxidation sites excluding steroid dienone is 3. The maximum atomic E-state index is 9.61. The van der Waals surface area contributed by atoms with Gasteiger partial charge in [-0.2, -0.15) is 0 Å². The number of aliphatic hydroxyl groups is 1. The molecule has 0 aromatic heterocycles. The lowest BCUT2D eigenvalue weighted by Gasteiger charge is -2.46. The first-order valence-corrected chi connectivity index (χ1v) is 22.1. The molecule has 0 saturated heterocycles. The molecule has 1 N–H and O–H groups in total. The summed E-state index contributed by atoms with van der Waals surface area (Å²) in [6.45, 7) is 33.3. The fourth-order valence-corrected chi connectivity index (χ4v) is 9.91. The van der Waals surface area contributed by atoms with Crippen LogP contribution < -0.4 is 0 Å². The van der Waals surface area contributed by atoms with Crippen molar-refractivity contribution < 1.29 is 14.0 Å². The number of fused-ring (bicyclic) bond motifs is 1. The van der Waals surface area contributed by atoms with Crippen LogP contribution in [0.25, 0.3) is 0 Å². The van der Waals surface area contributed by atoms with Crippen molar-refractivity contribution in [1.82, 2.24) is 0 Å². The summed E-state index contributed by atoms with van der Waals surface area (Å²) in [6, 6.07) is 0. The van der Waals surface area contributed by atoms with E-state index in [-0.39, 0.29) is 22.3 Å². The highest BCUT2D eigenvalue weighted by Crippen LogP contribution is 2.59. The molecule has 0 radical (unpaired) electrons. The van der Waals surface area contributed by atoms with Gasteiger partial charge in [0.25, 0.3) is 0 Å². The predicted octanol–water partition coefficient (Wildman–Crippen LogP) is 10.2. The summed E-state index contributed by atoms with van der Waals surface area (Å²) in [5, 5.41) is 9.92. The molecule has 0 bridgehead atoms. The summed E-state index contributed by atoms with van der Waals surface area (Å²) in [5.74, 6) is 2.01. The predicted molar refractivity (Wildman–Crippen MR) is 178 cm³/mol. The SMILES string of the molecule is C=C1[C@H](O[Si](C)(C)C(C)(C)C)CC(=CC=C2CCC[C@@]3(C)C2CCC3[C@H](C)CCO)C[C@H]1O[Si](C)(C)C(C)(C)C. The Morgan fingerprint density at radius 1 is 0.950 bits per heavy atom.